The van der Waals surface area contributed by atoms with Gasteiger partial charge in [0.15, 0.2) is 5.65 Å². The molecule has 2 aromatic carbocycles. The van der Waals surface area contributed by atoms with Crippen LogP contribution in [0.15, 0.2) is 59.5 Å². The summed E-state index contributed by atoms with van der Waals surface area (Å²) in [6, 6.07) is 15.4. The van der Waals surface area contributed by atoms with E-state index >= 15 is 0 Å². The fourth-order valence-corrected chi connectivity index (χ4v) is 4.79. The van der Waals surface area contributed by atoms with Crippen LogP contribution in [0.5, 0.6) is 6.01 Å². The number of aromatic nitrogens is 3. The van der Waals surface area contributed by atoms with Crippen LogP contribution in [0.2, 0.25) is 0 Å². The van der Waals surface area contributed by atoms with Crippen LogP contribution in [-0.2, 0) is 23.0 Å². The minimum Gasteiger partial charge on any atom is -0.468 e. The summed E-state index contributed by atoms with van der Waals surface area (Å²) in [4.78, 5) is 21.4. The van der Waals surface area contributed by atoms with Gasteiger partial charge >= 0.3 is 12.0 Å². The molecule has 2 amide bonds. The van der Waals surface area contributed by atoms with E-state index < -0.39 is 16.1 Å². The van der Waals surface area contributed by atoms with Gasteiger partial charge in [0.2, 0.25) is 0 Å². The number of carbonyl (C=O) groups is 1. The third-order valence-electron chi connectivity index (χ3n) is 5.68. The van der Waals surface area contributed by atoms with Gasteiger partial charge in [-0.15, -0.1) is 0 Å². The first-order valence-electron chi connectivity index (χ1n) is 11.3. The zero-order chi connectivity index (χ0) is 25.9. The molecule has 0 bridgehead atoms. The standard InChI is InChI=1S/C25H28N6O4S/c1-16-14-17(2)28-23-22(16)29-25(35-3)31(23)20-8-4-18(5-9-20)12-13-27-24(32)30-36(33,34)21-10-6-19(15-26)7-11-21/h4-11,14H,12-13,15,26H2,1-3H3,(H2,27,30,32). The number of nitrogens with one attached hydrogen (secondary N) is 2. The minimum atomic E-state index is -3.97. The summed E-state index contributed by atoms with van der Waals surface area (Å²) in [5.74, 6) is 0. The van der Waals surface area contributed by atoms with Crippen molar-refractivity contribution in [2.24, 2.45) is 5.73 Å². The molecule has 0 fully saturated rings. The largest absolute Gasteiger partial charge is 0.468 e. The maximum atomic E-state index is 12.4. The van der Waals surface area contributed by atoms with Crippen molar-refractivity contribution in [2.45, 2.75) is 31.7 Å². The molecule has 0 saturated heterocycles. The number of pyridine rings is 1. The highest BCUT2D eigenvalue weighted by atomic mass is 32.2. The molecular weight excluding hydrogens is 480 g/mol. The number of ether oxygens (including phenoxy) is 1. The lowest BCUT2D eigenvalue weighted by molar-refractivity contribution is 0.246. The average Bonchev–Trinajstić information content (AvgIpc) is 3.23. The first kappa shape index (κ1) is 25.1. The van der Waals surface area contributed by atoms with Gasteiger partial charge in [0.1, 0.15) is 5.52 Å². The molecule has 2 heterocycles. The molecular formula is C25H28N6O4S. The molecule has 0 radical (unpaired) electrons. The van der Waals surface area contributed by atoms with Crippen LogP contribution in [0.4, 0.5) is 4.79 Å². The summed E-state index contributed by atoms with van der Waals surface area (Å²) in [6.45, 7) is 4.48. The first-order valence-corrected chi connectivity index (χ1v) is 12.8. The Labute approximate surface area is 209 Å². The number of amides is 2. The van der Waals surface area contributed by atoms with Crippen LogP contribution in [0.1, 0.15) is 22.4 Å². The van der Waals surface area contributed by atoms with E-state index in [0.717, 1.165) is 33.6 Å². The Morgan fingerprint density at radius 3 is 2.33 bits per heavy atom. The van der Waals surface area contributed by atoms with Gasteiger partial charge in [-0.2, -0.15) is 4.98 Å². The number of aryl methyl sites for hydroxylation is 2. The van der Waals surface area contributed by atoms with E-state index in [1.165, 1.54) is 12.1 Å². The van der Waals surface area contributed by atoms with Crippen molar-refractivity contribution in [2.75, 3.05) is 13.7 Å². The van der Waals surface area contributed by atoms with Crippen molar-refractivity contribution < 1.29 is 17.9 Å². The topological polar surface area (TPSA) is 141 Å². The third kappa shape index (κ3) is 5.31. The fourth-order valence-electron chi connectivity index (χ4n) is 3.86. The molecule has 0 atom stereocenters. The third-order valence-corrected chi connectivity index (χ3v) is 7.02. The number of hydrogen-bond donors (Lipinski definition) is 3. The van der Waals surface area contributed by atoms with Gasteiger partial charge in [-0.05, 0) is 67.3 Å². The summed E-state index contributed by atoms with van der Waals surface area (Å²) >= 11 is 0. The molecule has 4 rings (SSSR count). The smallest absolute Gasteiger partial charge is 0.328 e. The highest BCUT2D eigenvalue weighted by Gasteiger charge is 2.18. The Hall–Kier alpha value is -3.96. The number of nitrogens with zero attached hydrogens (tertiary/aromatic N) is 3. The van der Waals surface area contributed by atoms with Gasteiger partial charge in [-0.3, -0.25) is 0 Å². The molecule has 10 nitrogen and oxygen atoms in total. The average molecular weight is 509 g/mol. The maximum Gasteiger partial charge on any atom is 0.328 e. The minimum absolute atomic E-state index is 0.00669. The Kier molecular flexibility index (Phi) is 7.22. The van der Waals surface area contributed by atoms with Gasteiger partial charge in [-0.1, -0.05) is 24.3 Å². The summed E-state index contributed by atoms with van der Waals surface area (Å²) in [5, 5.41) is 2.58. The van der Waals surface area contributed by atoms with Gasteiger partial charge in [0.05, 0.1) is 17.7 Å². The lowest BCUT2D eigenvalue weighted by Crippen LogP contribution is -2.40. The van der Waals surface area contributed by atoms with E-state index in [0.29, 0.717) is 24.6 Å². The molecule has 2 aromatic heterocycles. The number of urea groups is 1. The molecule has 36 heavy (non-hydrogen) atoms. The van der Waals surface area contributed by atoms with Crippen LogP contribution in [0, 0.1) is 13.8 Å². The number of methoxy groups -OCH3 is 1. The SMILES string of the molecule is COc1nc2c(C)cc(C)nc2n1-c1ccc(CCNC(=O)NS(=O)(=O)c2ccc(CN)cc2)cc1. The molecule has 0 aliphatic rings. The highest BCUT2D eigenvalue weighted by Crippen LogP contribution is 2.27. The zero-order valence-electron chi connectivity index (χ0n) is 20.3. The van der Waals surface area contributed by atoms with Crippen LogP contribution < -0.4 is 20.5 Å². The van der Waals surface area contributed by atoms with Crippen LogP contribution in [-0.4, -0.2) is 42.6 Å². The van der Waals surface area contributed by atoms with Crippen molar-refractivity contribution >= 4 is 27.2 Å². The molecule has 0 aliphatic heterocycles. The fraction of sp³-hybridized carbons (Fsp3) is 0.240. The second-order valence-corrected chi connectivity index (χ2v) is 9.99. The predicted molar refractivity (Wildman–Crippen MR) is 137 cm³/mol. The van der Waals surface area contributed by atoms with Crippen LogP contribution >= 0.6 is 0 Å². The number of carbonyl (C=O) groups excluding carboxylic acids is 1. The lowest BCUT2D eigenvalue weighted by Gasteiger charge is -2.10. The number of rotatable bonds is 8. The summed E-state index contributed by atoms with van der Waals surface area (Å²) in [7, 11) is -2.40. The molecule has 188 valence electrons. The first-order chi connectivity index (χ1) is 17.2. The molecule has 11 heteroatoms. The van der Waals surface area contributed by atoms with Gasteiger partial charge in [-0.25, -0.2) is 27.5 Å². The molecule has 0 spiro atoms. The van der Waals surface area contributed by atoms with Gasteiger partial charge in [0.25, 0.3) is 10.0 Å². The Balaban J connectivity index is 1.39. The van der Waals surface area contributed by atoms with E-state index in [1.54, 1.807) is 19.2 Å². The van der Waals surface area contributed by atoms with E-state index in [9.17, 15) is 13.2 Å². The Bertz CT molecular complexity index is 1500. The van der Waals surface area contributed by atoms with E-state index in [-0.39, 0.29) is 11.4 Å². The second kappa shape index (κ2) is 10.3. The Morgan fingerprint density at radius 1 is 1.03 bits per heavy atom. The van der Waals surface area contributed by atoms with Crippen LogP contribution in [0.3, 0.4) is 0 Å². The van der Waals surface area contributed by atoms with Crippen molar-refractivity contribution in [1.82, 2.24) is 24.6 Å². The number of sulfonamides is 1. The molecule has 0 unspecified atom stereocenters. The molecule has 4 N–H and O–H groups in total. The lowest BCUT2D eigenvalue weighted by atomic mass is 10.1. The van der Waals surface area contributed by atoms with Gasteiger partial charge < -0.3 is 15.8 Å². The summed E-state index contributed by atoms with van der Waals surface area (Å²) in [5.41, 5.74) is 11.5. The van der Waals surface area contributed by atoms with E-state index in [2.05, 4.69) is 15.3 Å². The second-order valence-electron chi connectivity index (χ2n) is 8.31. The maximum absolute atomic E-state index is 12.4. The highest BCUT2D eigenvalue weighted by molar-refractivity contribution is 7.90. The molecule has 4 aromatic rings. The van der Waals surface area contributed by atoms with E-state index in [1.807, 2.05) is 53.5 Å². The normalized spacial score (nSPS) is 11.4. The zero-order valence-corrected chi connectivity index (χ0v) is 21.1. The Morgan fingerprint density at radius 2 is 1.69 bits per heavy atom. The monoisotopic (exact) mass is 508 g/mol. The number of imidazole rings is 1. The number of hydrogen-bond acceptors (Lipinski definition) is 7. The number of fused-ring (bicyclic) bond motifs is 1. The predicted octanol–water partition coefficient (Wildman–Crippen LogP) is 2.74. The van der Waals surface area contributed by atoms with E-state index in [4.69, 9.17) is 10.5 Å². The van der Waals surface area contributed by atoms with Crippen molar-refractivity contribution in [3.63, 3.8) is 0 Å². The quantitative estimate of drug-likeness (QED) is 0.332. The molecule has 0 saturated carbocycles. The summed E-state index contributed by atoms with van der Waals surface area (Å²) < 4.78 is 34.1. The van der Waals surface area contributed by atoms with Crippen LogP contribution in [0.25, 0.3) is 16.9 Å². The number of nitrogens with two attached hydrogens (primary N) is 1. The molecule has 0 aliphatic carbocycles. The van der Waals surface area contributed by atoms with Gasteiger partial charge in [0, 0.05) is 18.8 Å². The van der Waals surface area contributed by atoms with Crippen molar-refractivity contribution in [3.05, 3.63) is 77.0 Å². The van der Waals surface area contributed by atoms with Crippen molar-refractivity contribution in [3.8, 4) is 11.7 Å². The summed E-state index contributed by atoms with van der Waals surface area (Å²) in [6.07, 6.45) is 0.511. The number of benzene rings is 2. The van der Waals surface area contributed by atoms with Crippen molar-refractivity contribution in [1.29, 1.82) is 0 Å².